The van der Waals surface area contributed by atoms with Crippen LogP contribution in [-0.2, 0) is 4.79 Å². The molecule has 1 atom stereocenters. The van der Waals surface area contributed by atoms with Gasteiger partial charge in [-0.1, -0.05) is 0 Å². The highest BCUT2D eigenvalue weighted by molar-refractivity contribution is 6.53. The van der Waals surface area contributed by atoms with Crippen LogP contribution in [0.1, 0.15) is 18.9 Å². The third-order valence-corrected chi connectivity index (χ3v) is 5.03. The van der Waals surface area contributed by atoms with Crippen LogP contribution in [0.5, 0.6) is 0 Å². The molecule has 0 saturated heterocycles. The highest BCUT2D eigenvalue weighted by Crippen LogP contribution is 2.63. The molecule has 2 N–H and O–H groups in total. The lowest BCUT2D eigenvalue weighted by Crippen LogP contribution is -2.29. The number of H-pyrrole nitrogens is 1. The van der Waals surface area contributed by atoms with Gasteiger partial charge >= 0.3 is 0 Å². The van der Waals surface area contributed by atoms with Crippen molar-refractivity contribution in [1.82, 2.24) is 15.6 Å². The molecule has 0 radical (unpaired) electrons. The Morgan fingerprint density at radius 1 is 1.43 bits per heavy atom. The molecule has 1 fully saturated rings. The van der Waals surface area contributed by atoms with Crippen molar-refractivity contribution in [1.29, 1.82) is 0 Å². The van der Waals surface area contributed by atoms with E-state index in [1.165, 1.54) is 18.3 Å². The van der Waals surface area contributed by atoms with Gasteiger partial charge in [-0.3, -0.25) is 9.89 Å². The molecule has 8 heteroatoms. The highest BCUT2D eigenvalue weighted by Gasteiger charge is 2.68. The third-order valence-electron chi connectivity index (χ3n) is 3.93. The number of hydrogen-bond donors (Lipinski definition) is 2. The summed E-state index contributed by atoms with van der Waals surface area (Å²) >= 11 is 11.9. The molecular formula is C15H13Cl2FN4O. The lowest BCUT2D eigenvalue weighted by molar-refractivity contribution is -0.125. The average molecular weight is 355 g/mol. The summed E-state index contributed by atoms with van der Waals surface area (Å²) in [6.45, 7) is 1.68. The van der Waals surface area contributed by atoms with Gasteiger partial charge in [0.15, 0.2) is 0 Å². The first kappa shape index (κ1) is 16.0. The molecule has 1 unspecified atom stereocenters. The second kappa shape index (κ2) is 5.62. The van der Waals surface area contributed by atoms with Crippen LogP contribution in [0.25, 0.3) is 11.3 Å². The van der Waals surface area contributed by atoms with Gasteiger partial charge in [0.2, 0.25) is 5.91 Å². The van der Waals surface area contributed by atoms with E-state index < -0.39 is 9.75 Å². The molecule has 0 aliphatic heterocycles. The van der Waals surface area contributed by atoms with Crippen molar-refractivity contribution in [2.75, 3.05) is 0 Å². The number of nitrogens with one attached hydrogen (secondary N) is 2. The summed E-state index contributed by atoms with van der Waals surface area (Å²) < 4.78 is 11.9. The number of carbonyl (C=O) groups excluding carboxylic acids is 1. The SMILES string of the molecule is CC1(C(=O)N/N=C/c2cn[nH]c2-c2ccc(F)cc2)CC1(Cl)Cl. The Morgan fingerprint density at radius 2 is 2.09 bits per heavy atom. The number of benzene rings is 1. The molecule has 23 heavy (non-hydrogen) atoms. The van der Waals surface area contributed by atoms with Crippen LogP contribution < -0.4 is 5.43 Å². The number of alkyl halides is 2. The molecule has 1 aliphatic carbocycles. The Bertz CT molecular complexity index is 772. The Balaban J connectivity index is 1.71. The van der Waals surface area contributed by atoms with Crippen LogP contribution in [0, 0.1) is 11.2 Å². The summed E-state index contributed by atoms with van der Waals surface area (Å²) in [5, 5.41) is 10.7. The number of nitrogens with zero attached hydrogens (tertiary/aromatic N) is 2. The maximum absolute atomic E-state index is 13.0. The molecule has 120 valence electrons. The van der Waals surface area contributed by atoms with Gasteiger partial charge in [-0.05, 0) is 37.6 Å². The van der Waals surface area contributed by atoms with Crippen molar-refractivity contribution in [3.05, 3.63) is 41.8 Å². The summed E-state index contributed by atoms with van der Waals surface area (Å²) in [5.74, 6) is -0.662. The van der Waals surface area contributed by atoms with Crippen molar-refractivity contribution < 1.29 is 9.18 Å². The van der Waals surface area contributed by atoms with E-state index in [2.05, 4.69) is 20.7 Å². The van der Waals surface area contributed by atoms with Crippen LogP contribution in [0.15, 0.2) is 35.6 Å². The van der Waals surface area contributed by atoms with Crippen molar-refractivity contribution in [2.24, 2.45) is 10.5 Å². The van der Waals surface area contributed by atoms with E-state index >= 15 is 0 Å². The number of aromatic amines is 1. The fraction of sp³-hybridized carbons (Fsp3) is 0.267. The van der Waals surface area contributed by atoms with Gasteiger partial charge in [0.1, 0.15) is 10.2 Å². The minimum absolute atomic E-state index is 0.320. The van der Waals surface area contributed by atoms with Gasteiger partial charge in [-0.25, -0.2) is 9.82 Å². The number of hydrazone groups is 1. The molecule has 5 nitrogen and oxygen atoms in total. The monoisotopic (exact) mass is 354 g/mol. The normalized spacial score (nSPS) is 22.3. The van der Waals surface area contributed by atoms with E-state index in [0.29, 0.717) is 17.7 Å². The zero-order chi connectivity index (χ0) is 16.7. The predicted molar refractivity (Wildman–Crippen MR) is 86.9 cm³/mol. The van der Waals surface area contributed by atoms with Gasteiger partial charge in [0, 0.05) is 11.1 Å². The molecule has 0 bridgehead atoms. The topological polar surface area (TPSA) is 70.1 Å². The largest absolute Gasteiger partial charge is 0.277 e. The zero-order valence-electron chi connectivity index (χ0n) is 12.1. The molecule has 3 rings (SSSR count). The maximum atomic E-state index is 13.0. The van der Waals surface area contributed by atoms with Gasteiger partial charge < -0.3 is 0 Å². The number of carbonyl (C=O) groups is 1. The highest BCUT2D eigenvalue weighted by atomic mass is 35.5. The number of aromatic nitrogens is 2. The molecule has 2 aromatic rings. The quantitative estimate of drug-likeness (QED) is 0.502. The molecule has 1 heterocycles. The smallest absolute Gasteiger partial charge is 0.249 e. The zero-order valence-corrected chi connectivity index (χ0v) is 13.6. The van der Waals surface area contributed by atoms with Crippen LogP contribution in [0.2, 0.25) is 0 Å². The van der Waals surface area contributed by atoms with E-state index in [9.17, 15) is 9.18 Å². The lowest BCUT2D eigenvalue weighted by atomic mass is 10.1. The Kier molecular flexibility index (Phi) is 3.90. The molecule has 0 spiro atoms. The first-order chi connectivity index (χ1) is 10.8. The second-order valence-corrected chi connectivity index (χ2v) is 7.10. The fourth-order valence-electron chi connectivity index (χ4n) is 2.17. The summed E-state index contributed by atoms with van der Waals surface area (Å²) in [7, 11) is 0. The van der Waals surface area contributed by atoms with E-state index in [1.54, 1.807) is 25.3 Å². The number of halogens is 3. The van der Waals surface area contributed by atoms with Crippen molar-refractivity contribution in [3.8, 4) is 11.3 Å². The first-order valence-corrected chi connectivity index (χ1v) is 7.60. The summed E-state index contributed by atoms with van der Waals surface area (Å²) in [4.78, 5) is 12.0. The Hall–Kier alpha value is -1.92. The van der Waals surface area contributed by atoms with E-state index in [4.69, 9.17) is 23.2 Å². The van der Waals surface area contributed by atoms with Crippen LogP contribution in [0.3, 0.4) is 0 Å². The summed E-state index contributed by atoms with van der Waals surface area (Å²) in [6, 6.07) is 5.96. The van der Waals surface area contributed by atoms with Crippen LogP contribution in [-0.4, -0.2) is 26.7 Å². The molecular weight excluding hydrogens is 342 g/mol. The maximum Gasteiger partial charge on any atom is 0.249 e. The molecule has 1 aliphatic rings. The molecule has 1 aromatic carbocycles. The first-order valence-electron chi connectivity index (χ1n) is 6.84. The van der Waals surface area contributed by atoms with Crippen LogP contribution >= 0.6 is 23.2 Å². The molecule has 1 saturated carbocycles. The Morgan fingerprint density at radius 3 is 2.70 bits per heavy atom. The molecule has 1 amide bonds. The number of hydrogen-bond acceptors (Lipinski definition) is 3. The van der Waals surface area contributed by atoms with Gasteiger partial charge in [0.05, 0.1) is 23.5 Å². The number of amides is 1. The van der Waals surface area contributed by atoms with Crippen LogP contribution in [0.4, 0.5) is 4.39 Å². The van der Waals surface area contributed by atoms with Gasteiger partial charge in [-0.2, -0.15) is 10.2 Å². The van der Waals surface area contributed by atoms with E-state index in [1.807, 2.05) is 0 Å². The third kappa shape index (κ3) is 2.96. The van der Waals surface area contributed by atoms with Crippen molar-refractivity contribution >= 4 is 35.3 Å². The standard InChI is InChI=1S/C15H13Cl2FN4O/c1-14(8-15(14,16)17)13(23)22-20-7-10-6-19-21-12(10)9-2-4-11(18)5-3-9/h2-7H,8H2,1H3,(H,19,21)(H,22,23)/b20-7+. The van der Waals surface area contributed by atoms with Gasteiger partial charge in [-0.15, -0.1) is 23.2 Å². The summed E-state index contributed by atoms with van der Waals surface area (Å²) in [6.07, 6.45) is 3.40. The molecule has 1 aromatic heterocycles. The number of rotatable bonds is 4. The Labute approximate surface area is 141 Å². The van der Waals surface area contributed by atoms with Gasteiger partial charge in [0.25, 0.3) is 0 Å². The van der Waals surface area contributed by atoms with Crippen molar-refractivity contribution in [3.63, 3.8) is 0 Å². The second-order valence-electron chi connectivity index (χ2n) is 5.62. The van der Waals surface area contributed by atoms with E-state index in [0.717, 1.165) is 5.56 Å². The minimum Gasteiger partial charge on any atom is -0.277 e. The average Bonchev–Trinajstić information content (AvgIpc) is 2.86. The minimum atomic E-state index is -1.04. The van der Waals surface area contributed by atoms with E-state index in [-0.39, 0.29) is 11.7 Å². The van der Waals surface area contributed by atoms with Crippen molar-refractivity contribution in [2.45, 2.75) is 17.7 Å². The fourth-order valence-corrected chi connectivity index (χ4v) is 2.88. The predicted octanol–water partition coefficient (Wildman–Crippen LogP) is 3.25. The lowest BCUT2D eigenvalue weighted by Gasteiger charge is -2.08. The summed E-state index contributed by atoms with van der Waals surface area (Å²) in [5.41, 5.74) is 3.68.